The van der Waals surface area contributed by atoms with Crippen molar-refractivity contribution in [1.29, 1.82) is 0 Å². The molecular formula is C22H19F2N7O. The lowest BCUT2D eigenvalue weighted by Crippen LogP contribution is -2.14. The van der Waals surface area contributed by atoms with Crippen LogP contribution in [0.15, 0.2) is 43.0 Å². The first kappa shape index (κ1) is 19.9. The van der Waals surface area contributed by atoms with Crippen molar-refractivity contribution in [3.8, 4) is 0 Å². The second kappa shape index (κ2) is 7.56. The molecule has 10 heteroatoms. The molecule has 5 rings (SSSR count). The number of fused-ring (bicyclic) bond motifs is 1. The van der Waals surface area contributed by atoms with Gasteiger partial charge in [-0.25, -0.2) is 18.7 Å². The number of carbonyl (C=O) groups excluding carboxylic acids is 1. The van der Waals surface area contributed by atoms with Gasteiger partial charge in [0, 0.05) is 18.0 Å². The highest BCUT2D eigenvalue weighted by atomic mass is 19.1. The topological polar surface area (TPSA) is 125 Å². The van der Waals surface area contributed by atoms with Crippen LogP contribution in [0.25, 0.3) is 10.9 Å². The maximum absolute atomic E-state index is 15.4. The number of hydrogen-bond donors (Lipinski definition) is 3. The molecule has 0 saturated heterocycles. The number of benzene rings is 2. The Morgan fingerprint density at radius 3 is 2.53 bits per heavy atom. The number of hydrogen-bond acceptors (Lipinski definition) is 6. The number of nitrogen functional groups attached to an aromatic ring is 2. The van der Waals surface area contributed by atoms with Crippen LogP contribution >= 0.6 is 0 Å². The molecule has 5 N–H and O–H groups in total. The van der Waals surface area contributed by atoms with Crippen LogP contribution in [-0.4, -0.2) is 25.7 Å². The Bertz CT molecular complexity index is 1350. The average molecular weight is 435 g/mol. The predicted molar refractivity (Wildman–Crippen MR) is 116 cm³/mol. The number of nitrogens with one attached hydrogen (secondary N) is 1. The van der Waals surface area contributed by atoms with Gasteiger partial charge in [-0.1, -0.05) is 18.2 Å². The first-order valence-electron chi connectivity index (χ1n) is 10.0. The van der Waals surface area contributed by atoms with Crippen molar-refractivity contribution >= 4 is 34.0 Å². The molecule has 0 aliphatic heterocycles. The number of rotatable bonds is 5. The van der Waals surface area contributed by atoms with E-state index < -0.39 is 17.5 Å². The number of halogens is 2. The number of nitrogens with two attached hydrogens (primary N) is 2. The van der Waals surface area contributed by atoms with Gasteiger partial charge >= 0.3 is 0 Å². The summed E-state index contributed by atoms with van der Waals surface area (Å²) in [6.07, 6.45) is 5.75. The van der Waals surface area contributed by atoms with Crippen LogP contribution in [0.1, 0.15) is 40.2 Å². The Morgan fingerprint density at radius 2 is 1.84 bits per heavy atom. The zero-order valence-electron chi connectivity index (χ0n) is 16.8. The SMILES string of the molecule is Nc1c(N)c(F)c2c(c(NC(=O)c3cncnc3)nn2Cc2ccccc2F)c1C1CC1. The second-order valence-corrected chi connectivity index (χ2v) is 7.73. The van der Waals surface area contributed by atoms with Crippen molar-refractivity contribution < 1.29 is 13.6 Å². The molecule has 4 aromatic rings. The molecule has 1 saturated carbocycles. The molecule has 162 valence electrons. The van der Waals surface area contributed by atoms with Crippen LogP contribution in [0.2, 0.25) is 0 Å². The third kappa shape index (κ3) is 3.29. The zero-order chi connectivity index (χ0) is 22.4. The zero-order valence-corrected chi connectivity index (χ0v) is 16.8. The van der Waals surface area contributed by atoms with Gasteiger partial charge in [0.1, 0.15) is 17.7 Å². The number of aromatic nitrogens is 4. The van der Waals surface area contributed by atoms with Gasteiger partial charge in [0.25, 0.3) is 5.91 Å². The fourth-order valence-corrected chi connectivity index (χ4v) is 3.85. The number of carbonyl (C=O) groups is 1. The maximum Gasteiger partial charge on any atom is 0.260 e. The summed E-state index contributed by atoms with van der Waals surface area (Å²) >= 11 is 0. The van der Waals surface area contributed by atoms with Crippen molar-refractivity contribution in [3.05, 3.63) is 71.3 Å². The smallest absolute Gasteiger partial charge is 0.260 e. The monoisotopic (exact) mass is 435 g/mol. The fourth-order valence-electron chi connectivity index (χ4n) is 3.85. The molecular weight excluding hydrogens is 416 g/mol. The summed E-state index contributed by atoms with van der Waals surface area (Å²) in [7, 11) is 0. The molecule has 1 amide bonds. The summed E-state index contributed by atoms with van der Waals surface area (Å²) in [5.41, 5.74) is 13.4. The van der Waals surface area contributed by atoms with Crippen LogP contribution in [0.3, 0.4) is 0 Å². The molecule has 2 aromatic heterocycles. The van der Waals surface area contributed by atoms with Crippen molar-refractivity contribution in [1.82, 2.24) is 19.7 Å². The van der Waals surface area contributed by atoms with Crippen LogP contribution < -0.4 is 16.8 Å². The number of amides is 1. The van der Waals surface area contributed by atoms with Crippen molar-refractivity contribution in [2.45, 2.75) is 25.3 Å². The number of anilines is 3. The first-order chi connectivity index (χ1) is 15.5. The fraction of sp³-hybridized carbons (Fsp3) is 0.182. The van der Waals surface area contributed by atoms with Gasteiger partial charge in [-0.05, 0) is 30.4 Å². The van der Waals surface area contributed by atoms with Gasteiger partial charge in [0.05, 0.1) is 28.9 Å². The van der Waals surface area contributed by atoms with E-state index in [1.54, 1.807) is 18.2 Å². The molecule has 0 radical (unpaired) electrons. The van der Waals surface area contributed by atoms with E-state index in [0.717, 1.165) is 12.8 Å². The van der Waals surface area contributed by atoms with E-state index in [-0.39, 0.29) is 40.7 Å². The standard InChI is InChI=1S/C22H19F2N7O/c23-14-4-2-1-3-12(14)9-31-20-16(15(11-5-6-11)18(25)19(26)17(20)24)21(30-31)29-22(32)13-7-27-10-28-8-13/h1-4,7-8,10-11H,5-6,9,25-26H2,(H,29,30,32). The summed E-state index contributed by atoms with van der Waals surface area (Å²) in [6.45, 7) is -0.0577. The largest absolute Gasteiger partial charge is 0.397 e. The van der Waals surface area contributed by atoms with Crippen molar-refractivity contribution in [2.75, 3.05) is 16.8 Å². The highest BCUT2D eigenvalue weighted by molar-refractivity contribution is 6.10. The summed E-state index contributed by atoms with van der Waals surface area (Å²) in [5, 5.41) is 7.52. The first-order valence-corrected chi connectivity index (χ1v) is 10.0. The van der Waals surface area contributed by atoms with Gasteiger partial charge in [-0.15, -0.1) is 0 Å². The maximum atomic E-state index is 15.4. The second-order valence-electron chi connectivity index (χ2n) is 7.73. The Balaban J connectivity index is 1.70. The molecule has 8 nitrogen and oxygen atoms in total. The molecule has 1 aliphatic rings. The van der Waals surface area contributed by atoms with Crippen molar-refractivity contribution in [2.24, 2.45) is 0 Å². The molecule has 0 unspecified atom stereocenters. The summed E-state index contributed by atoms with van der Waals surface area (Å²) in [5.74, 6) is -1.51. The van der Waals surface area contributed by atoms with E-state index in [1.165, 1.54) is 29.5 Å². The van der Waals surface area contributed by atoms with Gasteiger partial charge in [-0.2, -0.15) is 5.10 Å². The van der Waals surface area contributed by atoms with Gasteiger partial charge in [-0.3, -0.25) is 9.48 Å². The van der Waals surface area contributed by atoms with E-state index in [4.69, 9.17) is 11.5 Å². The molecule has 2 aromatic carbocycles. The minimum Gasteiger partial charge on any atom is -0.397 e. The molecule has 0 spiro atoms. The van der Waals surface area contributed by atoms with Crippen LogP contribution in [0, 0.1) is 11.6 Å². The predicted octanol–water partition coefficient (Wildman–Crippen LogP) is 3.45. The van der Waals surface area contributed by atoms with E-state index >= 15 is 4.39 Å². The van der Waals surface area contributed by atoms with Gasteiger partial charge in [0.2, 0.25) is 0 Å². The molecule has 32 heavy (non-hydrogen) atoms. The highest BCUT2D eigenvalue weighted by Gasteiger charge is 2.34. The van der Waals surface area contributed by atoms with Crippen molar-refractivity contribution in [3.63, 3.8) is 0 Å². The Kier molecular flexibility index (Phi) is 4.69. The third-order valence-corrected chi connectivity index (χ3v) is 5.56. The molecule has 1 fully saturated rings. The minimum absolute atomic E-state index is 0.0577. The summed E-state index contributed by atoms with van der Waals surface area (Å²) in [4.78, 5) is 20.4. The molecule has 0 bridgehead atoms. The lowest BCUT2D eigenvalue weighted by Gasteiger charge is -2.13. The molecule has 1 aliphatic carbocycles. The quantitative estimate of drug-likeness (QED) is 0.413. The van der Waals surface area contributed by atoms with Gasteiger partial charge in [0.15, 0.2) is 11.6 Å². The summed E-state index contributed by atoms with van der Waals surface area (Å²) < 4.78 is 31.0. The van der Waals surface area contributed by atoms with Gasteiger partial charge < -0.3 is 16.8 Å². The minimum atomic E-state index is -0.755. The molecule has 0 atom stereocenters. The third-order valence-electron chi connectivity index (χ3n) is 5.56. The van der Waals surface area contributed by atoms with E-state index in [9.17, 15) is 9.18 Å². The average Bonchev–Trinajstić information content (AvgIpc) is 3.57. The normalized spacial score (nSPS) is 13.4. The van der Waals surface area contributed by atoms with Crippen LogP contribution in [0.4, 0.5) is 26.0 Å². The highest BCUT2D eigenvalue weighted by Crippen LogP contribution is 2.50. The van der Waals surface area contributed by atoms with E-state index in [0.29, 0.717) is 16.5 Å². The lowest BCUT2D eigenvalue weighted by atomic mass is 10.0. The van der Waals surface area contributed by atoms with E-state index in [1.807, 2.05) is 0 Å². The molecule has 2 heterocycles. The Labute approximate surface area is 181 Å². The van der Waals surface area contributed by atoms with Crippen LogP contribution in [-0.2, 0) is 6.54 Å². The Morgan fingerprint density at radius 1 is 1.12 bits per heavy atom. The Hall–Kier alpha value is -4.08. The van der Waals surface area contributed by atoms with Crippen LogP contribution in [0.5, 0.6) is 0 Å². The summed E-state index contributed by atoms with van der Waals surface area (Å²) in [6, 6.07) is 6.15. The lowest BCUT2D eigenvalue weighted by molar-refractivity contribution is 0.102. The van der Waals surface area contributed by atoms with E-state index in [2.05, 4.69) is 20.4 Å². The number of nitrogens with zero attached hydrogens (tertiary/aromatic N) is 4.